The molecule has 1 aliphatic rings. The molecule has 12 N–H and O–H groups in total. The molecule has 2 aromatic carbocycles. The average molecular weight is 462 g/mol. The Labute approximate surface area is 162 Å². The third-order valence-corrected chi connectivity index (χ3v) is 12.6. The molecule has 0 fully saturated rings. The van der Waals surface area contributed by atoms with E-state index in [-0.39, 0.29) is 0 Å². The van der Waals surface area contributed by atoms with Gasteiger partial charge in [-0.2, -0.15) is 9.03 Å². The van der Waals surface area contributed by atoms with Gasteiger partial charge in [0.25, 0.3) is 0 Å². The van der Waals surface area contributed by atoms with Gasteiger partial charge in [-0.1, -0.05) is 36.4 Å². The fourth-order valence-corrected chi connectivity index (χ4v) is 12.1. The van der Waals surface area contributed by atoms with E-state index < -0.39 is 30.2 Å². The van der Waals surface area contributed by atoms with Crippen LogP contribution < -0.4 is 42.1 Å². The molecular weight excluding hydrogens is 440 g/mol. The van der Waals surface area contributed by atoms with Crippen LogP contribution in [0.25, 0.3) is 0 Å². The molecule has 12 nitrogen and oxygen atoms in total. The van der Waals surface area contributed by atoms with Gasteiger partial charge < -0.3 is 9.05 Å². The molecule has 0 aliphatic carbocycles. The molecule has 28 heavy (non-hydrogen) atoms. The highest BCUT2D eigenvalue weighted by molar-refractivity contribution is 7.82. The van der Waals surface area contributed by atoms with Gasteiger partial charge in [0.1, 0.15) is 11.5 Å². The second kappa shape index (κ2) is 7.86. The van der Waals surface area contributed by atoms with Crippen molar-refractivity contribution < 1.29 is 9.05 Å². The largest absolute Gasteiger partial charge is 0.454 e. The van der Waals surface area contributed by atoms with Crippen molar-refractivity contribution in [2.75, 3.05) is 0 Å². The van der Waals surface area contributed by atoms with Crippen LogP contribution in [0.2, 0.25) is 0 Å². The highest BCUT2D eigenvalue weighted by Crippen LogP contribution is 2.68. The molecule has 0 saturated heterocycles. The summed E-state index contributed by atoms with van der Waals surface area (Å²) < 4.78 is 28.9. The first-order valence-corrected chi connectivity index (χ1v) is 14.8. The summed E-state index contributed by atoms with van der Waals surface area (Å²) in [4.78, 5) is 0. The highest BCUT2D eigenvalue weighted by Gasteiger charge is 2.34. The van der Waals surface area contributed by atoms with Gasteiger partial charge in [-0.15, -0.1) is 9.03 Å². The first-order chi connectivity index (χ1) is 13.0. The predicted octanol–water partition coefficient (Wildman–Crippen LogP) is 3.70. The lowest BCUT2D eigenvalue weighted by molar-refractivity contribution is 0.478. The van der Waals surface area contributed by atoms with E-state index >= 15 is 0 Å². The summed E-state index contributed by atoms with van der Waals surface area (Å²) in [5.41, 5.74) is 36.2. The molecule has 1 aliphatic heterocycles. The van der Waals surface area contributed by atoms with Crippen LogP contribution >= 0.6 is 30.2 Å². The standard InChI is InChI=1S/C12H22N10O2P4/c13-25(14)19-26(15,16)21-28(22-27(17,18)20-25,23-11-7-3-1-4-8-11)24-12-9-5-2-6-10-12/h1-10H,13-18H2. The van der Waals surface area contributed by atoms with Gasteiger partial charge >= 0.3 is 7.66 Å². The highest BCUT2D eigenvalue weighted by atomic mass is 31.3. The Morgan fingerprint density at radius 3 is 1.29 bits per heavy atom. The lowest BCUT2D eigenvalue weighted by Gasteiger charge is -2.27. The van der Waals surface area contributed by atoms with Crippen LogP contribution in [-0.2, 0) is 0 Å². The van der Waals surface area contributed by atoms with Crippen LogP contribution in [0.15, 0.2) is 78.7 Å². The van der Waals surface area contributed by atoms with Gasteiger partial charge in [0.15, 0.2) is 0 Å². The Kier molecular flexibility index (Phi) is 6.01. The van der Waals surface area contributed by atoms with Crippen molar-refractivity contribution >= 4 is 30.2 Å². The van der Waals surface area contributed by atoms with Crippen molar-refractivity contribution in [3.63, 3.8) is 0 Å². The van der Waals surface area contributed by atoms with E-state index in [0.29, 0.717) is 11.5 Å². The molecule has 152 valence electrons. The quantitative estimate of drug-likeness (QED) is 0.366. The first kappa shape index (κ1) is 21.4. The van der Waals surface area contributed by atoms with Crippen LogP contribution in [0.4, 0.5) is 0 Å². The molecule has 0 unspecified atom stereocenters. The summed E-state index contributed by atoms with van der Waals surface area (Å²) in [7, 11) is -13.8. The van der Waals surface area contributed by atoms with E-state index in [1.807, 2.05) is 12.1 Å². The number of para-hydroxylation sites is 2. The maximum Gasteiger partial charge on any atom is 0.454 e. The molecule has 16 heteroatoms. The van der Waals surface area contributed by atoms with Crippen LogP contribution in [-0.4, -0.2) is 0 Å². The fourth-order valence-electron chi connectivity index (χ4n) is 2.22. The molecular formula is C12H22N10O2P4. The minimum atomic E-state index is -3.64. The van der Waals surface area contributed by atoms with Crippen LogP contribution in [0.5, 0.6) is 11.5 Å². The van der Waals surface area contributed by atoms with E-state index in [1.54, 1.807) is 48.5 Å². The van der Waals surface area contributed by atoms with Crippen LogP contribution in [0.3, 0.4) is 0 Å². The Balaban J connectivity index is 2.27. The van der Waals surface area contributed by atoms with Crippen molar-refractivity contribution in [2.24, 2.45) is 51.1 Å². The van der Waals surface area contributed by atoms with Gasteiger partial charge in [-0.05, 0) is 24.3 Å². The number of hydrogen-bond acceptors (Lipinski definition) is 12. The molecule has 1 heterocycles. The maximum absolute atomic E-state index is 6.10. The third-order valence-electron chi connectivity index (χ3n) is 3.02. The second-order valence-corrected chi connectivity index (χ2v) is 14.2. The zero-order valence-corrected chi connectivity index (χ0v) is 18.2. The summed E-state index contributed by atoms with van der Waals surface area (Å²) in [6.07, 6.45) is 0. The summed E-state index contributed by atoms with van der Waals surface area (Å²) in [6, 6.07) is 17.5. The zero-order valence-electron chi connectivity index (χ0n) is 14.6. The Bertz CT molecular complexity index is 1020. The molecule has 3 rings (SSSR count). The number of nitrogens with two attached hydrogens (primary N) is 6. The van der Waals surface area contributed by atoms with Crippen molar-refractivity contribution in [3.05, 3.63) is 60.7 Å². The zero-order chi connectivity index (χ0) is 20.5. The monoisotopic (exact) mass is 462 g/mol. The number of benzene rings is 2. The molecule has 0 aromatic heterocycles. The normalized spacial score (nSPS) is 21.4. The van der Waals surface area contributed by atoms with E-state index in [9.17, 15) is 0 Å². The van der Waals surface area contributed by atoms with Crippen molar-refractivity contribution in [3.8, 4) is 11.5 Å². The van der Waals surface area contributed by atoms with Gasteiger partial charge in [0, 0.05) is 0 Å². The molecule has 0 radical (unpaired) electrons. The summed E-state index contributed by atoms with van der Waals surface area (Å²) in [5, 5.41) is 0. The van der Waals surface area contributed by atoms with Crippen LogP contribution in [0, 0.1) is 0 Å². The first-order valence-electron chi connectivity index (χ1n) is 7.74. The van der Waals surface area contributed by atoms with Crippen molar-refractivity contribution in [1.29, 1.82) is 0 Å². The van der Waals surface area contributed by atoms with E-state index in [4.69, 9.17) is 42.1 Å². The topological polar surface area (TPSA) is 224 Å². The predicted molar refractivity (Wildman–Crippen MR) is 117 cm³/mol. The van der Waals surface area contributed by atoms with Gasteiger partial charge in [0.05, 0.1) is 0 Å². The SMILES string of the molecule is NP1(N)=NP(N)(N)=NP(Oc2ccccc2)(Oc2ccccc2)=NP(N)(N)=N1. The lowest BCUT2D eigenvalue weighted by Crippen LogP contribution is -2.14. The van der Waals surface area contributed by atoms with Gasteiger partial charge in [0.2, 0.25) is 22.5 Å². The summed E-state index contributed by atoms with van der Waals surface area (Å²) in [5.74, 6) is 0.808. The van der Waals surface area contributed by atoms with E-state index in [1.165, 1.54) is 0 Å². The Morgan fingerprint density at radius 2 is 0.857 bits per heavy atom. The molecule has 0 amide bonds. The number of nitrogens with zero attached hydrogens (tertiary/aromatic N) is 4. The Hall–Kier alpha value is -1.28. The smallest absolute Gasteiger partial charge is 0.414 e. The molecule has 0 saturated carbocycles. The Morgan fingerprint density at radius 1 is 0.500 bits per heavy atom. The summed E-state index contributed by atoms with van der Waals surface area (Å²) >= 11 is 0. The molecule has 2 aromatic rings. The second-order valence-electron chi connectivity index (χ2n) is 5.76. The fraction of sp³-hybridized carbons (Fsp3) is 0. The van der Waals surface area contributed by atoms with E-state index in [2.05, 4.69) is 18.1 Å². The molecule has 0 spiro atoms. The molecule has 0 bridgehead atoms. The van der Waals surface area contributed by atoms with Gasteiger partial charge in [-0.25, -0.2) is 0 Å². The minimum Gasteiger partial charge on any atom is -0.414 e. The van der Waals surface area contributed by atoms with E-state index in [0.717, 1.165) is 0 Å². The number of rotatable bonds is 4. The summed E-state index contributed by atoms with van der Waals surface area (Å²) in [6.45, 7) is 0. The van der Waals surface area contributed by atoms with Crippen molar-refractivity contribution in [1.82, 2.24) is 0 Å². The molecule has 0 atom stereocenters. The van der Waals surface area contributed by atoms with Gasteiger partial charge in [-0.3, -0.25) is 33.0 Å². The maximum atomic E-state index is 6.10. The third kappa shape index (κ3) is 5.86. The minimum absolute atomic E-state index is 0.404. The average Bonchev–Trinajstić information content (AvgIpc) is 2.52. The van der Waals surface area contributed by atoms with Crippen LogP contribution in [0.1, 0.15) is 0 Å². The van der Waals surface area contributed by atoms with Crippen molar-refractivity contribution in [2.45, 2.75) is 0 Å². The lowest BCUT2D eigenvalue weighted by atomic mass is 10.3. The number of hydrogen-bond donors (Lipinski definition) is 6.